The van der Waals surface area contributed by atoms with Gasteiger partial charge in [-0.05, 0) is 37.0 Å². The number of carbonyl (C=O) groups is 1. The van der Waals surface area contributed by atoms with Crippen LogP contribution >= 0.6 is 11.8 Å². The number of Topliss-reactive ketones (excluding diaryl/α,β-unsaturated/α-hetero) is 1. The van der Waals surface area contributed by atoms with Crippen molar-refractivity contribution in [2.45, 2.75) is 37.9 Å². The van der Waals surface area contributed by atoms with Gasteiger partial charge >= 0.3 is 0 Å². The second kappa shape index (κ2) is 7.11. The summed E-state index contributed by atoms with van der Waals surface area (Å²) in [6, 6.07) is 4.41. The lowest BCUT2D eigenvalue weighted by Crippen LogP contribution is -2.17. The minimum absolute atomic E-state index is 0.00483. The number of benzene rings is 1. The summed E-state index contributed by atoms with van der Waals surface area (Å²) in [5, 5.41) is 0.575. The fourth-order valence-electron chi connectivity index (χ4n) is 2.65. The first-order valence-corrected chi connectivity index (χ1v) is 8.13. The Morgan fingerprint density at radius 3 is 2.90 bits per heavy atom. The molecule has 4 heteroatoms. The Labute approximate surface area is 124 Å². The van der Waals surface area contributed by atoms with E-state index >= 15 is 0 Å². The van der Waals surface area contributed by atoms with Gasteiger partial charge in [0.1, 0.15) is 0 Å². The van der Waals surface area contributed by atoms with Crippen molar-refractivity contribution < 1.29 is 13.9 Å². The summed E-state index contributed by atoms with van der Waals surface area (Å²) < 4.78 is 18.4. The zero-order valence-corrected chi connectivity index (χ0v) is 12.8. The highest BCUT2D eigenvalue weighted by Crippen LogP contribution is 2.32. The standard InChI is InChI=1S/C16H21FO2S/c1-11-4-3-5-13(8-11)20-10-15(18)12-6-7-16(19-2)14(17)9-12/h6-7,9,11,13H,3-5,8,10H2,1-2H3. The van der Waals surface area contributed by atoms with E-state index in [1.807, 2.05) is 0 Å². The molecule has 0 N–H and O–H groups in total. The molecule has 2 nitrogen and oxygen atoms in total. The summed E-state index contributed by atoms with van der Waals surface area (Å²) >= 11 is 1.72. The van der Waals surface area contributed by atoms with E-state index < -0.39 is 5.82 Å². The van der Waals surface area contributed by atoms with Crippen LogP contribution in [-0.4, -0.2) is 23.9 Å². The molecule has 2 unspecified atom stereocenters. The van der Waals surface area contributed by atoms with E-state index in [0.29, 0.717) is 16.6 Å². The van der Waals surface area contributed by atoms with Crippen LogP contribution in [-0.2, 0) is 0 Å². The number of rotatable bonds is 5. The summed E-state index contributed by atoms with van der Waals surface area (Å²) in [6.45, 7) is 2.27. The Morgan fingerprint density at radius 2 is 2.25 bits per heavy atom. The smallest absolute Gasteiger partial charge is 0.172 e. The number of hydrogen-bond donors (Lipinski definition) is 0. The van der Waals surface area contributed by atoms with Crippen molar-refractivity contribution in [3.63, 3.8) is 0 Å². The maximum absolute atomic E-state index is 13.6. The Kier molecular flexibility index (Phi) is 5.46. The van der Waals surface area contributed by atoms with Gasteiger partial charge in [0.05, 0.1) is 12.9 Å². The lowest BCUT2D eigenvalue weighted by atomic mass is 9.91. The molecule has 1 saturated carbocycles. The Bertz CT molecular complexity index is 476. The van der Waals surface area contributed by atoms with E-state index in [4.69, 9.17) is 4.74 Å². The SMILES string of the molecule is COc1ccc(C(=O)CSC2CCCC(C)C2)cc1F. The van der Waals surface area contributed by atoms with Gasteiger partial charge in [0, 0.05) is 10.8 Å². The summed E-state index contributed by atoms with van der Waals surface area (Å²) in [5.41, 5.74) is 0.430. The molecule has 2 atom stereocenters. The van der Waals surface area contributed by atoms with Crippen molar-refractivity contribution in [1.82, 2.24) is 0 Å². The molecule has 0 spiro atoms. The van der Waals surface area contributed by atoms with E-state index in [0.717, 1.165) is 5.92 Å². The van der Waals surface area contributed by atoms with E-state index in [1.54, 1.807) is 17.8 Å². The molecule has 0 aliphatic heterocycles. The molecule has 20 heavy (non-hydrogen) atoms. The zero-order chi connectivity index (χ0) is 14.5. The van der Waals surface area contributed by atoms with Gasteiger partial charge in [-0.2, -0.15) is 11.8 Å². The van der Waals surface area contributed by atoms with E-state index in [9.17, 15) is 9.18 Å². The van der Waals surface area contributed by atoms with Crippen LogP contribution in [0.25, 0.3) is 0 Å². The molecule has 1 aromatic carbocycles. The maximum atomic E-state index is 13.6. The molecule has 0 radical (unpaired) electrons. The fraction of sp³-hybridized carbons (Fsp3) is 0.562. The third-order valence-corrected chi connectivity index (χ3v) is 5.14. The molecule has 0 bridgehead atoms. The second-order valence-electron chi connectivity index (χ2n) is 5.48. The van der Waals surface area contributed by atoms with E-state index in [-0.39, 0.29) is 11.5 Å². The van der Waals surface area contributed by atoms with Gasteiger partial charge in [-0.1, -0.05) is 19.8 Å². The predicted molar refractivity (Wildman–Crippen MR) is 81.2 cm³/mol. The van der Waals surface area contributed by atoms with Crippen LogP contribution in [0.5, 0.6) is 5.75 Å². The van der Waals surface area contributed by atoms with Crippen molar-refractivity contribution in [1.29, 1.82) is 0 Å². The van der Waals surface area contributed by atoms with Gasteiger partial charge in [-0.15, -0.1) is 0 Å². The number of halogens is 1. The third-order valence-electron chi connectivity index (χ3n) is 3.81. The molecular formula is C16H21FO2S. The summed E-state index contributed by atoms with van der Waals surface area (Å²) in [4.78, 5) is 12.1. The number of carbonyl (C=O) groups excluding carboxylic acids is 1. The molecule has 1 fully saturated rings. The van der Waals surface area contributed by atoms with Gasteiger partial charge in [0.15, 0.2) is 17.3 Å². The van der Waals surface area contributed by atoms with Crippen molar-refractivity contribution in [3.05, 3.63) is 29.6 Å². The number of ether oxygens (including phenoxy) is 1. The van der Waals surface area contributed by atoms with Gasteiger partial charge in [0.25, 0.3) is 0 Å². The first-order chi connectivity index (χ1) is 9.60. The number of hydrogen-bond acceptors (Lipinski definition) is 3. The van der Waals surface area contributed by atoms with Crippen molar-refractivity contribution >= 4 is 17.5 Å². The average molecular weight is 296 g/mol. The van der Waals surface area contributed by atoms with Crippen molar-refractivity contribution in [3.8, 4) is 5.75 Å². The lowest BCUT2D eigenvalue weighted by Gasteiger charge is -2.25. The fourth-order valence-corrected chi connectivity index (χ4v) is 4.00. The Balaban J connectivity index is 1.90. The Hall–Kier alpha value is -1.03. The number of ketones is 1. The van der Waals surface area contributed by atoms with Crippen LogP contribution in [0, 0.1) is 11.7 Å². The monoisotopic (exact) mass is 296 g/mol. The molecule has 0 amide bonds. The minimum Gasteiger partial charge on any atom is -0.494 e. The highest BCUT2D eigenvalue weighted by molar-refractivity contribution is 8.00. The Morgan fingerprint density at radius 1 is 1.45 bits per heavy atom. The highest BCUT2D eigenvalue weighted by atomic mass is 32.2. The normalized spacial score (nSPS) is 22.6. The van der Waals surface area contributed by atoms with Crippen LogP contribution in [0.15, 0.2) is 18.2 Å². The van der Waals surface area contributed by atoms with Gasteiger partial charge in [0.2, 0.25) is 0 Å². The van der Waals surface area contributed by atoms with Crippen LogP contribution in [0.1, 0.15) is 43.0 Å². The second-order valence-corrected chi connectivity index (χ2v) is 6.77. The number of thioether (sulfide) groups is 1. The molecule has 110 valence electrons. The molecule has 0 saturated heterocycles. The van der Waals surface area contributed by atoms with E-state index in [1.165, 1.54) is 44.9 Å². The molecule has 1 aliphatic carbocycles. The molecule has 2 rings (SSSR count). The first-order valence-electron chi connectivity index (χ1n) is 7.08. The maximum Gasteiger partial charge on any atom is 0.172 e. The first kappa shape index (κ1) is 15.4. The summed E-state index contributed by atoms with van der Waals surface area (Å²) in [5.74, 6) is 0.887. The summed E-state index contributed by atoms with van der Waals surface area (Å²) in [7, 11) is 1.42. The van der Waals surface area contributed by atoms with Crippen LogP contribution in [0.4, 0.5) is 4.39 Å². The minimum atomic E-state index is -0.477. The average Bonchev–Trinajstić information content (AvgIpc) is 2.44. The van der Waals surface area contributed by atoms with Crippen molar-refractivity contribution in [2.24, 2.45) is 5.92 Å². The predicted octanol–water partition coefficient (Wildman–Crippen LogP) is 4.33. The molecule has 1 aliphatic rings. The van der Waals surface area contributed by atoms with Gasteiger partial charge < -0.3 is 4.74 Å². The van der Waals surface area contributed by atoms with E-state index in [2.05, 4.69) is 6.92 Å². The molecule has 1 aromatic rings. The van der Waals surface area contributed by atoms with Crippen molar-refractivity contribution in [2.75, 3.05) is 12.9 Å². The highest BCUT2D eigenvalue weighted by Gasteiger charge is 2.20. The molecule has 0 heterocycles. The quantitative estimate of drug-likeness (QED) is 0.757. The van der Waals surface area contributed by atoms with Gasteiger partial charge in [-0.3, -0.25) is 4.79 Å². The largest absolute Gasteiger partial charge is 0.494 e. The molecule has 0 aromatic heterocycles. The topological polar surface area (TPSA) is 26.3 Å². The lowest BCUT2D eigenvalue weighted by molar-refractivity contribution is 0.102. The molecular weight excluding hydrogens is 275 g/mol. The number of methoxy groups -OCH3 is 1. The van der Waals surface area contributed by atoms with Crippen LogP contribution < -0.4 is 4.74 Å². The van der Waals surface area contributed by atoms with Crippen LogP contribution in [0.2, 0.25) is 0 Å². The van der Waals surface area contributed by atoms with Crippen LogP contribution in [0.3, 0.4) is 0 Å². The van der Waals surface area contributed by atoms with Gasteiger partial charge in [-0.25, -0.2) is 4.39 Å². The summed E-state index contributed by atoms with van der Waals surface area (Å²) in [6.07, 6.45) is 4.94. The zero-order valence-electron chi connectivity index (χ0n) is 12.0. The third kappa shape index (κ3) is 3.98.